The van der Waals surface area contributed by atoms with Crippen molar-refractivity contribution in [3.63, 3.8) is 0 Å². The molecule has 5 nitrogen and oxygen atoms in total. The molecule has 1 heterocycles. The lowest BCUT2D eigenvalue weighted by Crippen LogP contribution is -2.32. The van der Waals surface area contributed by atoms with Gasteiger partial charge in [-0.05, 0) is 68.6 Å². The van der Waals surface area contributed by atoms with Crippen LogP contribution in [0.2, 0.25) is 5.02 Å². The van der Waals surface area contributed by atoms with Gasteiger partial charge in [-0.3, -0.25) is 14.9 Å². The van der Waals surface area contributed by atoms with Crippen LogP contribution in [0, 0.1) is 16.0 Å². The Kier molecular flexibility index (Phi) is 6.47. The molecule has 2 aromatic carbocycles. The number of nitro groups is 1. The molecule has 1 aliphatic heterocycles. The molecule has 3 rings (SSSR count). The van der Waals surface area contributed by atoms with E-state index in [-0.39, 0.29) is 29.4 Å². The minimum Gasteiger partial charge on any atom is -0.306 e. The number of para-hydroxylation sites is 1. The third-order valence-corrected chi connectivity index (χ3v) is 6.04. The summed E-state index contributed by atoms with van der Waals surface area (Å²) in [5.74, 6) is 0.181. The van der Waals surface area contributed by atoms with Gasteiger partial charge in [0.25, 0.3) is 5.69 Å². The Hall–Kier alpha value is -2.24. The summed E-state index contributed by atoms with van der Waals surface area (Å²) in [7, 11) is 2.10. The average molecular weight is 401 g/mol. The standard InChI is InChI=1S/C22H25ClN2O3/c1-15(17-10-12-24(2)13-11-17)19-4-3-5-20(22(19)25(27)28)21(26)14-16-6-8-18(23)9-7-16/h3-9,15,17H,10-14H2,1-2H3. The number of ketones is 1. The highest BCUT2D eigenvalue weighted by Gasteiger charge is 2.31. The zero-order valence-electron chi connectivity index (χ0n) is 16.2. The van der Waals surface area contributed by atoms with E-state index < -0.39 is 4.92 Å². The molecule has 0 spiro atoms. The summed E-state index contributed by atoms with van der Waals surface area (Å²) in [6.45, 7) is 4.04. The molecule has 0 amide bonds. The van der Waals surface area contributed by atoms with E-state index in [0.29, 0.717) is 16.5 Å². The fraction of sp³-hybridized carbons (Fsp3) is 0.409. The molecule has 2 aromatic rings. The van der Waals surface area contributed by atoms with Crippen LogP contribution >= 0.6 is 11.6 Å². The summed E-state index contributed by atoms with van der Waals surface area (Å²) in [5, 5.41) is 12.5. The number of nitrogens with zero attached hydrogens (tertiary/aromatic N) is 2. The van der Waals surface area contributed by atoms with E-state index in [9.17, 15) is 14.9 Å². The number of carbonyl (C=O) groups excluding carboxylic acids is 1. The predicted molar refractivity (Wildman–Crippen MR) is 111 cm³/mol. The van der Waals surface area contributed by atoms with Crippen LogP contribution in [0.1, 0.15) is 47.2 Å². The Labute approximate surface area is 170 Å². The van der Waals surface area contributed by atoms with Crippen LogP contribution < -0.4 is 0 Å². The van der Waals surface area contributed by atoms with Crippen LogP contribution in [0.3, 0.4) is 0 Å². The second kappa shape index (κ2) is 8.84. The molecule has 6 heteroatoms. The van der Waals surface area contributed by atoms with Gasteiger partial charge in [-0.1, -0.05) is 42.8 Å². The molecular formula is C22H25ClN2O3. The number of rotatable bonds is 6. The van der Waals surface area contributed by atoms with Gasteiger partial charge in [0, 0.05) is 17.0 Å². The van der Waals surface area contributed by atoms with Crippen LogP contribution in [-0.4, -0.2) is 35.7 Å². The third kappa shape index (κ3) is 4.59. The molecule has 0 bridgehead atoms. The van der Waals surface area contributed by atoms with Crippen molar-refractivity contribution in [2.75, 3.05) is 20.1 Å². The first-order valence-corrected chi connectivity index (χ1v) is 9.98. The summed E-state index contributed by atoms with van der Waals surface area (Å²) in [6.07, 6.45) is 2.14. The van der Waals surface area contributed by atoms with Crippen molar-refractivity contribution in [3.05, 3.63) is 74.3 Å². The number of hydrogen-bond acceptors (Lipinski definition) is 4. The number of likely N-dealkylation sites (tertiary alicyclic amines) is 1. The highest BCUT2D eigenvalue weighted by atomic mass is 35.5. The molecule has 0 radical (unpaired) electrons. The van der Waals surface area contributed by atoms with E-state index in [4.69, 9.17) is 11.6 Å². The molecule has 0 N–H and O–H groups in total. The number of carbonyl (C=O) groups is 1. The van der Waals surface area contributed by atoms with Crippen molar-refractivity contribution >= 4 is 23.1 Å². The first-order chi connectivity index (χ1) is 13.4. The van der Waals surface area contributed by atoms with Crippen LogP contribution in [0.25, 0.3) is 0 Å². The maximum absolute atomic E-state index is 12.9. The van der Waals surface area contributed by atoms with Gasteiger partial charge in [-0.2, -0.15) is 0 Å². The van der Waals surface area contributed by atoms with Gasteiger partial charge in [0.15, 0.2) is 5.78 Å². The smallest absolute Gasteiger partial charge is 0.283 e. The Morgan fingerprint density at radius 1 is 1.21 bits per heavy atom. The lowest BCUT2D eigenvalue weighted by Gasteiger charge is -2.32. The molecule has 0 saturated carbocycles. The van der Waals surface area contributed by atoms with Gasteiger partial charge < -0.3 is 4.90 Å². The van der Waals surface area contributed by atoms with Crippen LogP contribution in [0.4, 0.5) is 5.69 Å². The van der Waals surface area contributed by atoms with Crippen molar-refractivity contribution in [2.45, 2.75) is 32.1 Å². The van der Waals surface area contributed by atoms with Crippen LogP contribution in [-0.2, 0) is 6.42 Å². The highest BCUT2D eigenvalue weighted by molar-refractivity contribution is 6.30. The number of benzene rings is 2. The Bertz CT molecular complexity index is 859. The third-order valence-electron chi connectivity index (χ3n) is 5.79. The van der Waals surface area contributed by atoms with Crippen molar-refractivity contribution < 1.29 is 9.72 Å². The number of halogens is 1. The average Bonchev–Trinajstić information content (AvgIpc) is 2.69. The van der Waals surface area contributed by atoms with Gasteiger partial charge in [0.2, 0.25) is 0 Å². The minimum absolute atomic E-state index is 0.0344. The quantitative estimate of drug-likeness (QED) is 0.383. The number of hydrogen-bond donors (Lipinski definition) is 0. The van der Waals surface area contributed by atoms with E-state index >= 15 is 0 Å². The summed E-state index contributed by atoms with van der Waals surface area (Å²) >= 11 is 5.89. The van der Waals surface area contributed by atoms with Gasteiger partial charge in [0.05, 0.1) is 10.5 Å². The van der Waals surface area contributed by atoms with Crippen LogP contribution in [0.5, 0.6) is 0 Å². The lowest BCUT2D eigenvalue weighted by atomic mass is 9.80. The van der Waals surface area contributed by atoms with E-state index in [0.717, 1.165) is 31.5 Å². The van der Waals surface area contributed by atoms with Gasteiger partial charge in [-0.15, -0.1) is 0 Å². The van der Waals surface area contributed by atoms with Crippen molar-refractivity contribution in [1.29, 1.82) is 0 Å². The maximum atomic E-state index is 12.9. The fourth-order valence-electron chi connectivity index (χ4n) is 4.02. The second-order valence-electron chi connectivity index (χ2n) is 7.66. The maximum Gasteiger partial charge on any atom is 0.283 e. The number of piperidine rings is 1. The predicted octanol–water partition coefficient (Wildman–Crippen LogP) is 5.12. The molecule has 1 aliphatic rings. The highest BCUT2D eigenvalue weighted by Crippen LogP contribution is 2.38. The van der Waals surface area contributed by atoms with Gasteiger partial charge >= 0.3 is 0 Å². The second-order valence-corrected chi connectivity index (χ2v) is 8.09. The minimum atomic E-state index is -0.393. The van der Waals surface area contributed by atoms with Crippen molar-refractivity contribution in [3.8, 4) is 0 Å². The monoisotopic (exact) mass is 400 g/mol. The Balaban J connectivity index is 1.89. The van der Waals surface area contributed by atoms with Gasteiger partial charge in [-0.25, -0.2) is 0 Å². The molecule has 0 aliphatic carbocycles. The molecule has 28 heavy (non-hydrogen) atoms. The Morgan fingerprint density at radius 2 is 1.86 bits per heavy atom. The summed E-state index contributed by atoms with van der Waals surface area (Å²) in [5.41, 5.74) is 1.61. The molecule has 1 unspecified atom stereocenters. The molecule has 1 atom stereocenters. The zero-order chi connectivity index (χ0) is 20.3. The molecule has 1 saturated heterocycles. The normalized spacial score (nSPS) is 16.7. The molecule has 1 fully saturated rings. The van der Waals surface area contributed by atoms with E-state index in [2.05, 4.69) is 11.9 Å². The molecule has 0 aromatic heterocycles. The SMILES string of the molecule is CC(c1cccc(C(=O)Cc2ccc(Cl)cc2)c1[N+](=O)[O-])C1CCN(C)CC1. The first kappa shape index (κ1) is 20.5. The zero-order valence-corrected chi connectivity index (χ0v) is 17.0. The van der Waals surface area contributed by atoms with Crippen molar-refractivity contribution in [1.82, 2.24) is 4.90 Å². The summed E-state index contributed by atoms with van der Waals surface area (Å²) in [4.78, 5) is 26.7. The van der Waals surface area contributed by atoms with Gasteiger partial charge in [0.1, 0.15) is 0 Å². The number of Topliss-reactive ketones (excluding diaryl/α,β-unsaturated/α-hetero) is 1. The Morgan fingerprint density at radius 3 is 2.46 bits per heavy atom. The summed E-state index contributed by atoms with van der Waals surface area (Å²) < 4.78 is 0. The van der Waals surface area contributed by atoms with Crippen LogP contribution in [0.15, 0.2) is 42.5 Å². The summed E-state index contributed by atoms with van der Waals surface area (Å²) in [6, 6.07) is 12.1. The topological polar surface area (TPSA) is 63.4 Å². The van der Waals surface area contributed by atoms with E-state index in [1.165, 1.54) is 0 Å². The largest absolute Gasteiger partial charge is 0.306 e. The molecule has 148 valence electrons. The molecular weight excluding hydrogens is 376 g/mol. The first-order valence-electron chi connectivity index (χ1n) is 9.60. The number of nitro benzene ring substituents is 1. The van der Waals surface area contributed by atoms with E-state index in [1.807, 2.05) is 6.92 Å². The van der Waals surface area contributed by atoms with E-state index in [1.54, 1.807) is 42.5 Å². The fourth-order valence-corrected chi connectivity index (χ4v) is 4.15. The lowest BCUT2D eigenvalue weighted by molar-refractivity contribution is -0.386. The van der Waals surface area contributed by atoms with Crippen molar-refractivity contribution in [2.24, 2.45) is 5.92 Å².